The molecule has 1 aromatic heterocycles. The van der Waals surface area contributed by atoms with Crippen molar-refractivity contribution >= 4 is 5.82 Å². The van der Waals surface area contributed by atoms with Gasteiger partial charge in [-0.2, -0.15) is 5.10 Å². The van der Waals surface area contributed by atoms with E-state index in [1.807, 2.05) is 12.3 Å². The van der Waals surface area contributed by atoms with Crippen molar-refractivity contribution in [1.29, 1.82) is 0 Å². The highest BCUT2D eigenvalue weighted by Gasteiger charge is 2.25. The molecule has 0 saturated heterocycles. The molecular formula is C18H24N4O. The van der Waals surface area contributed by atoms with Crippen molar-refractivity contribution in [3.63, 3.8) is 0 Å². The predicted molar refractivity (Wildman–Crippen MR) is 91.0 cm³/mol. The number of anilines is 1. The number of nitrogens with zero attached hydrogens (tertiary/aromatic N) is 2. The molecule has 2 aromatic rings. The number of rotatable bonds is 3. The molecule has 0 spiro atoms. The second kappa shape index (κ2) is 5.89. The van der Waals surface area contributed by atoms with Crippen molar-refractivity contribution in [2.45, 2.75) is 32.9 Å². The van der Waals surface area contributed by atoms with Crippen LogP contribution in [0.2, 0.25) is 0 Å². The average molecular weight is 312 g/mol. The number of hydrogen-bond donors (Lipinski definition) is 2. The summed E-state index contributed by atoms with van der Waals surface area (Å²) in [5, 5.41) is 11.6. The zero-order valence-electron chi connectivity index (χ0n) is 13.8. The molecule has 2 N–H and O–H groups in total. The van der Waals surface area contributed by atoms with Crippen LogP contribution in [0, 0.1) is 19.8 Å². The lowest BCUT2D eigenvalue weighted by molar-refractivity contribution is 0.244. The van der Waals surface area contributed by atoms with Gasteiger partial charge in [0.1, 0.15) is 11.6 Å². The van der Waals surface area contributed by atoms with Crippen LogP contribution in [-0.2, 0) is 6.54 Å². The lowest BCUT2D eigenvalue weighted by Crippen LogP contribution is -2.38. The Bertz CT molecular complexity index is 709. The highest BCUT2D eigenvalue weighted by molar-refractivity contribution is 5.46. The minimum absolute atomic E-state index is 0.386. The maximum absolute atomic E-state index is 5.90. The second-order valence-electron chi connectivity index (χ2n) is 6.74. The van der Waals surface area contributed by atoms with E-state index in [1.165, 1.54) is 16.7 Å². The maximum atomic E-state index is 5.90. The van der Waals surface area contributed by atoms with Crippen LogP contribution < -0.4 is 15.4 Å². The van der Waals surface area contributed by atoms with Gasteiger partial charge in [0.25, 0.3) is 0 Å². The van der Waals surface area contributed by atoms with Gasteiger partial charge in [0.2, 0.25) is 0 Å². The molecular weight excluding hydrogens is 288 g/mol. The summed E-state index contributed by atoms with van der Waals surface area (Å²) in [7, 11) is 0. The molecule has 3 heterocycles. The van der Waals surface area contributed by atoms with Crippen LogP contribution in [0.15, 0.2) is 24.4 Å². The molecule has 2 aliphatic heterocycles. The minimum Gasteiger partial charge on any atom is -0.493 e. The Morgan fingerprint density at radius 3 is 3.22 bits per heavy atom. The van der Waals surface area contributed by atoms with E-state index >= 15 is 0 Å². The zero-order chi connectivity index (χ0) is 15.8. The van der Waals surface area contributed by atoms with Crippen molar-refractivity contribution in [3.8, 4) is 5.75 Å². The molecule has 0 amide bonds. The number of aryl methyl sites for hydroxylation is 2. The lowest BCUT2D eigenvalue weighted by atomic mass is 9.95. The molecule has 4 rings (SSSR count). The van der Waals surface area contributed by atoms with E-state index in [2.05, 4.69) is 46.4 Å². The normalized spacial score (nSPS) is 22.7. The van der Waals surface area contributed by atoms with Gasteiger partial charge in [0, 0.05) is 49.6 Å². The molecule has 5 nitrogen and oxygen atoms in total. The molecule has 23 heavy (non-hydrogen) atoms. The molecule has 5 heteroatoms. The standard InChI is InChI=1S/C18H24N4O/c1-12-7-13(2)18-15(8-12)16(4-6-23-18)19-9-14-10-20-17-3-5-21-22(17)11-14/h3,5,7-8,14,16,19-20H,4,6,9-11H2,1-2H3/t14-,16-/m0/s1. The van der Waals surface area contributed by atoms with Gasteiger partial charge in [-0.3, -0.25) is 0 Å². The monoisotopic (exact) mass is 312 g/mol. The Hall–Kier alpha value is -2.01. The van der Waals surface area contributed by atoms with Crippen LogP contribution in [0.4, 0.5) is 5.82 Å². The molecule has 2 aliphatic rings. The van der Waals surface area contributed by atoms with Crippen LogP contribution in [0.5, 0.6) is 5.75 Å². The summed E-state index contributed by atoms with van der Waals surface area (Å²) in [4.78, 5) is 0. The Balaban J connectivity index is 1.45. The van der Waals surface area contributed by atoms with Crippen LogP contribution in [0.25, 0.3) is 0 Å². The van der Waals surface area contributed by atoms with Crippen molar-refractivity contribution < 1.29 is 4.74 Å². The van der Waals surface area contributed by atoms with Crippen molar-refractivity contribution in [1.82, 2.24) is 15.1 Å². The molecule has 0 bridgehead atoms. The van der Waals surface area contributed by atoms with E-state index in [1.54, 1.807) is 0 Å². The van der Waals surface area contributed by atoms with E-state index in [-0.39, 0.29) is 0 Å². The molecule has 0 aliphatic carbocycles. The summed E-state index contributed by atoms with van der Waals surface area (Å²) >= 11 is 0. The van der Waals surface area contributed by atoms with Gasteiger partial charge < -0.3 is 15.4 Å². The molecule has 122 valence electrons. The third kappa shape index (κ3) is 2.81. The van der Waals surface area contributed by atoms with Gasteiger partial charge in [0.05, 0.1) is 12.8 Å². The average Bonchev–Trinajstić information content (AvgIpc) is 3.00. The highest BCUT2D eigenvalue weighted by Crippen LogP contribution is 2.35. The Kier molecular flexibility index (Phi) is 3.73. The molecule has 0 saturated carbocycles. The van der Waals surface area contributed by atoms with Crippen molar-refractivity contribution in [3.05, 3.63) is 41.1 Å². The third-order valence-corrected chi connectivity index (χ3v) is 4.85. The summed E-state index contributed by atoms with van der Waals surface area (Å²) < 4.78 is 7.96. The second-order valence-corrected chi connectivity index (χ2v) is 6.74. The van der Waals surface area contributed by atoms with Gasteiger partial charge >= 0.3 is 0 Å². The van der Waals surface area contributed by atoms with Crippen molar-refractivity contribution in [2.24, 2.45) is 5.92 Å². The summed E-state index contributed by atoms with van der Waals surface area (Å²) in [6.07, 6.45) is 2.89. The number of nitrogens with one attached hydrogen (secondary N) is 2. The molecule has 0 unspecified atom stereocenters. The van der Waals surface area contributed by atoms with Crippen LogP contribution in [-0.4, -0.2) is 29.5 Å². The number of aromatic nitrogens is 2. The van der Waals surface area contributed by atoms with Crippen LogP contribution in [0.1, 0.15) is 29.2 Å². The maximum Gasteiger partial charge on any atom is 0.126 e. The predicted octanol–water partition coefficient (Wildman–Crippen LogP) is 2.66. The first-order valence-corrected chi connectivity index (χ1v) is 8.43. The fourth-order valence-electron chi connectivity index (χ4n) is 3.72. The van der Waals surface area contributed by atoms with Crippen LogP contribution in [0.3, 0.4) is 0 Å². The first kappa shape index (κ1) is 14.6. The largest absolute Gasteiger partial charge is 0.493 e. The topological polar surface area (TPSA) is 51.1 Å². The highest BCUT2D eigenvalue weighted by atomic mass is 16.5. The van der Waals surface area contributed by atoms with Crippen LogP contribution >= 0.6 is 0 Å². The smallest absolute Gasteiger partial charge is 0.126 e. The fourth-order valence-corrected chi connectivity index (χ4v) is 3.72. The van der Waals surface area contributed by atoms with Gasteiger partial charge in [-0.05, 0) is 19.4 Å². The Morgan fingerprint density at radius 1 is 1.39 bits per heavy atom. The number of hydrogen-bond acceptors (Lipinski definition) is 4. The van der Waals surface area contributed by atoms with Gasteiger partial charge in [-0.15, -0.1) is 0 Å². The first-order valence-electron chi connectivity index (χ1n) is 8.43. The molecule has 2 atom stereocenters. The fraction of sp³-hybridized carbons (Fsp3) is 0.500. The van der Waals surface area contributed by atoms with E-state index in [9.17, 15) is 0 Å². The van der Waals surface area contributed by atoms with E-state index in [0.717, 1.165) is 44.2 Å². The van der Waals surface area contributed by atoms with E-state index in [0.29, 0.717) is 12.0 Å². The van der Waals surface area contributed by atoms with Gasteiger partial charge in [-0.25, -0.2) is 4.68 Å². The number of benzene rings is 1. The summed E-state index contributed by atoms with van der Waals surface area (Å²) in [5.74, 6) is 2.76. The number of ether oxygens (including phenoxy) is 1. The van der Waals surface area contributed by atoms with E-state index < -0.39 is 0 Å². The molecule has 0 radical (unpaired) electrons. The van der Waals surface area contributed by atoms with Gasteiger partial charge in [-0.1, -0.05) is 17.7 Å². The summed E-state index contributed by atoms with van der Waals surface area (Å²) in [5.41, 5.74) is 3.86. The van der Waals surface area contributed by atoms with Crippen molar-refractivity contribution in [2.75, 3.05) is 25.0 Å². The zero-order valence-corrected chi connectivity index (χ0v) is 13.8. The minimum atomic E-state index is 0.386. The molecule has 1 aromatic carbocycles. The first-order chi connectivity index (χ1) is 11.2. The number of fused-ring (bicyclic) bond motifs is 2. The molecule has 0 fully saturated rings. The summed E-state index contributed by atoms with van der Waals surface area (Å²) in [6.45, 7) is 8.05. The lowest BCUT2D eigenvalue weighted by Gasteiger charge is -2.31. The SMILES string of the molecule is Cc1cc(C)c2c(c1)[C@@H](NC[C@H]1CNc3ccnn3C1)CCO2. The Morgan fingerprint density at radius 2 is 2.30 bits per heavy atom. The quantitative estimate of drug-likeness (QED) is 0.915. The third-order valence-electron chi connectivity index (χ3n) is 4.85. The summed E-state index contributed by atoms with van der Waals surface area (Å²) in [6, 6.07) is 6.88. The van der Waals surface area contributed by atoms with Gasteiger partial charge in [0.15, 0.2) is 0 Å². The van der Waals surface area contributed by atoms with E-state index in [4.69, 9.17) is 4.74 Å². The Labute approximate surface area is 137 Å².